The van der Waals surface area contributed by atoms with Gasteiger partial charge in [0, 0.05) is 19.0 Å². The van der Waals surface area contributed by atoms with Gasteiger partial charge in [0.2, 0.25) is 0 Å². The molecule has 0 saturated heterocycles. The number of benzene rings is 1. The molecule has 1 aromatic heterocycles. The summed E-state index contributed by atoms with van der Waals surface area (Å²) in [5.74, 6) is -0.529. The van der Waals surface area contributed by atoms with Gasteiger partial charge in [0.05, 0.1) is 11.8 Å². The minimum absolute atomic E-state index is 0.198. The molecule has 7 nitrogen and oxygen atoms in total. The highest BCUT2D eigenvalue weighted by Crippen LogP contribution is 2.18. The van der Waals surface area contributed by atoms with Crippen molar-refractivity contribution in [2.75, 3.05) is 0 Å². The maximum absolute atomic E-state index is 11.8. The number of hydrogen-bond donors (Lipinski definition) is 4. The van der Waals surface area contributed by atoms with Gasteiger partial charge < -0.3 is 25.3 Å². The second-order valence-corrected chi connectivity index (χ2v) is 5.50. The van der Waals surface area contributed by atoms with Crippen LogP contribution in [0.25, 0.3) is 0 Å². The Kier molecular flexibility index (Phi) is 5.97. The Morgan fingerprint density at radius 2 is 1.92 bits per heavy atom. The van der Waals surface area contributed by atoms with Crippen LogP contribution in [-0.2, 0) is 6.54 Å². The Morgan fingerprint density at radius 3 is 2.50 bits per heavy atom. The van der Waals surface area contributed by atoms with Crippen molar-refractivity contribution < 1.29 is 24.2 Å². The summed E-state index contributed by atoms with van der Waals surface area (Å²) in [6.45, 7) is 2.06. The third-order valence-corrected chi connectivity index (χ3v) is 3.48. The molecular formula is C17H20N2O5. The quantitative estimate of drug-likeness (QED) is 0.621. The maximum atomic E-state index is 11.8. The lowest BCUT2D eigenvalue weighted by atomic mass is 10.1. The van der Waals surface area contributed by atoms with E-state index in [9.17, 15) is 14.7 Å². The van der Waals surface area contributed by atoms with E-state index in [0.29, 0.717) is 12.2 Å². The van der Waals surface area contributed by atoms with Crippen LogP contribution in [0.3, 0.4) is 0 Å². The first kappa shape index (κ1) is 17.6. The molecule has 0 saturated carbocycles. The molecule has 2 rings (SSSR count). The van der Waals surface area contributed by atoms with Crippen LogP contribution in [-0.4, -0.2) is 28.3 Å². The molecule has 4 N–H and O–H groups in total. The fourth-order valence-corrected chi connectivity index (χ4v) is 2.21. The molecule has 2 aromatic rings. The normalized spacial score (nSPS) is 13.1. The Morgan fingerprint density at radius 1 is 1.21 bits per heavy atom. The van der Waals surface area contributed by atoms with E-state index in [2.05, 4.69) is 10.6 Å². The van der Waals surface area contributed by atoms with Gasteiger partial charge in [-0.2, -0.15) is 0 Å². The molecule has 2 atom stereocenters. The van der Waals surface area contributed by atoms with Crippen molar-refractivity contribution in [1.29, 1.82) is 0 Å². The molecule has 0 aliphatic heterocycles. The van der Waals surface area contributed by atoms with E-state index >= 15 is 0 Å². The standard InChI is InChI=1S/C17H20N2O5/c1-11(9-14(20)15-3-2-8-24-15)19-17(23)18-10-12-4-6-13(7-5-12)16(21)22/h2-8,11,14,20H,9-10H2,1H3,(H,21,22)(H2,18,19,23). The van der Waals surface area contributed by atoms with Gasteiger partial charge in [0.15, 0.2) is 0 Å². The number of furan rings is 1. The molecule has 0 bridgehead atoms. The maximum Gasteiger partial charge on any atom is 0.335 e. The van der Waals surface area contributed by atoms with Crippen molar-refractivity contribution in [3.8, 4) is 0 Å². The summed E-state index contributed by atoms with van der Waals surface area (Å²) in [5, 5.41) is 24.2. The van der Waals surface area contributed by atoms with Crippen molar-refractivity contribution in [2.45, 2.75) is 32.0 Å². The van der Waals surface area contributed by atoms with Crippen molar-refractivity contribution in [2.24, 2.45) is 0 Å². The summed E-state index contributed by atoms with van der Waals surface area (Å²) in [6, 6.07) is 9.02. The first-order valence-corrected chi connectivity index (χ1v) is 7.53. The molecule has 128 valence electrons. The molecule has 0 aliphatic carbocycles. The minimum atomic E-state index is -0.990. The number of aromatic carboxylic acids is 1. The summed E-state index contributed by atoms with van der Waals surface area (Å²) in [5.41, 5.74) is 0.988. The smallest absolute Gasteiger partial charge is 0.335 e. The Balaban J connectivity index is 1.75. The van der Waals surface area contributed by atoms with E-state index in [-0.39, 0.29) is 24.2 Å². The second-order valence-electron chi connectivity index (χ2n) is 5.50. The Bertz CT molecular complexity index is 667. The summed E-state index contributed by atoms with van der Waals surface area (Å²) < 4.78 is 5.11. The molecule has 24 heavy (non-hydrogen) atoms. The van der Waals surface area contributed by atoms with Gasteiger partial charge in [0.25, 0.3) is 0 Å². The molecule has 1 aromatic carbocycles. The molecule has 2 unspecified atom stereocenters. The predicted octanol–water partition coefficient (Wildman–Crippen LogP) is 2.29. The zero-order chi connectivity index (χ0) is 17.5. The molecule has 2 amide bonds. The molecule has 0 radical (unpaired) electrons. The highest BCUT2D eigenvalue weighted by molar-refractivity contribution is 5.87. The summed E-state index contributed by atoms with van der Waals surface area (Å²) in [4.78, 5) is 22.6. The van der Waals surface area contributed by atoms with Crippen LogP contribution in [0.15, 0.2) is 47.1 Å². The zero-order valence-electron chi connectivity index (χ0n) is 13.2. The van der Waals surface area contributed by atoms with Crippen LogP contribution in [0.1, 0.15) is 41.1 Å². The van der Waals surface area contributed by atoms with Gasteiger partial charge >= 0.3 is 12.0 Å². The van der Waals surface area contributed by atoms with Gasteiger partial charge in [-0.1, -0.05) is 12.1 Å². The number of urea groups is 1. The lowest BCUT2D eigenvalue weighted by molar-refractivity contribution is 0.0696. The van der Waals surface area contributed by atoms with Gasteiger partial charge in [0.1, 0.15) is 11.9 Å². The van der Waals surface area contributed by atoms with Crippen LogP contribution in [0.5, 0.6) is 0 Å². The third-order valence-electron chi connectivity index (χ3n) is 3.48. The summed E-state index contributed by atoms with van der Waals surface area (Å²) >= 11 is 0. The van der Waals surface area contributed by atoms with Crippen LogP contribution >= 0.6 is 0 Å². The largest absolute Gasteiger partial charge is 0.478 e. The van der Waals surface area contributed by atoms with Crippen LogP contribution in [0, 0.1) is 0 Å². The fourth-order valence-electron chi connectivity index (χ4n) is 2.21. The summed E-state index contributed by atoms with van der Waals surface area (Å²) in [7, 11) is 0. The topological polar surface area (TPSA) is 112 Å². The monoisotopic (exact) mass is 332 g/mol. The van der Waals surface area contributed by atoms with Gasteiger partial charge in [-0.3, -0.25) is 0 Å². The van der Waals surface area contributed by atoms with Crippen molar-refractivity contribution in [1.82, 2.24) is 10.6 Å². The predicted molar refractivity (Wildman–Crippen MR) is 86.5 cm³/mol. The van der Waals surface area contributed by atoms with Crippen LogP contribution in [0.4, 0.5) is 4.79 Å². The molecule has 0 fully saturated rings. The number of rotatable bonds is 7. The second kappa shape index (κ2) is 8.16. The van der Waals surface area contributed by atoms with Gasteiger partial charge in [-0.15, -0.1) is 0 Å². The molecular weight excluding hydrogens is 312 g/mol. The first-order valence-electron chi connectivity index (χ1n) is 7.53. The van der Waals surface area contributed by atoms with Crippen LogP contribution in [0.2, 0.25) is 0 Å². The fraction of sp³-hybridized carbons (Fsp3) is 0.294. The lowest BCUT2D eigenvalue weighted by Crippen LogP contribution is -2.41. The average Bonchev–Trinajstić information content (AvgIpc) is 3.07. The van der Waals surface area contributed by atoms with E-state index in [0.717, 1.165) is 5.56 Å². The Labute approximate surface area is 139 Å². The molecule has 0 aliphatic rings. The van der Waals surface area contributed by atoms with E-state index in [1.54, 1.807) is 31.2 Å². The van der Waals surface area contributed by atoms with Crippen LogP contribution < -0.4 is 10.6 Å². The van der Waals surface area contributed by atoms with E-state index in [1.807, 2.05) is 0 Å². The highest BCUT2D eigenvalue weighted by atomic mass is 16.4. The number of carbonyl (C=O) groups excluding carboxylic acids is 1. The first-order chi connectivity index (χ1) is 11.5. The molecule has 7 heteroatoms. The Hall–Kier alpha value is -2.80. The average molecular weight is 332 g/mol. The number of hydrogen-bond acceptors (Lipinski definition) is 4. The molecule has 1 heterocycles. The summed E-state index contributed by atoms with van der Waals surface area (Å²) in [6.07, 6.45) is 1.03. The minimum Gasteiger partial charge on any atom is -0.478 e. The number of amides is 2. The van der Waals surface area contributed by atoms with Gasteiger partial charge in [-0.05, 0) is 36.8 Å². The lowest BCUT2D eigenvalue weighted by Gasteiger charge is -2.17. The SMILES string of the molecule is CC(CC(O)c1ccco1)NC(=O)NCc1ccc(C(=O)O)cc1. The van der Waals surface area contributed by atoms with E-state index < -0.39 is 12.1 Å². The van der Waals surface area contributed by atoms with E-state index in [1.165, 1.54) is 18.4 Å². The van der Waals surface area contributed by atoms with E-state index in [4.69, 9.17) is 9.52 Å². The number of aliphatic hydroxyl groups is 1. The van der Waals surface area contributed by atoms with Gasteiger partial charge in [-0.25, -0.2) is 9.59 Å². The highest BCUT2D eigenvalue weighted by Gasteiger charge is 2.16. The number of aliphatic hydroxyl groups excluding tert-OH is 1. The third kappa shape index (κ3) is 5.13. The zero-order valence-corrected chi connectivity index (χ0v) is 13.2. The number of carboxylic acid groups (broad SMARTS) is 1. The van der Waals surface area contributed by atoms with Crippen molar-refractivity contribution >= 4 is 12.0 Å². The van der Waals surface area contributed by atoms with Crippen molar-refractivity contribution in [3.05, 3.63) is 59.5 Å². The number of carboxylic acids is 1. The molecule has 0 spiro atoms. The number of nitrogens with one attached hydrogen (secondary N) is 2. The number of carbonyl (C=O) groups is 2. The van der Waals surface area contributed by atoms with Crippen molar-refractivity contribution in [3.63, 3.8) is 0 Å².